The first-order valence-corrected chi connectivity index (χ1v) is 5.42. The summed E-state index contributed by atoms with van der Waals surface area (Å²) < 4.78 is 0. The van der Waals surface area contributed by atoms with Gasteiger partial charge in [-0.3, -0.25) is 4.79 Å². The summed E-state index contributed by atoms with van der Waals surface area (Å²) in [6, 6.07) is 3.43. The normalized spacial score (nSPS) is 11.9. The molecule has 0 heterocycles. The maximum absolute atomic E-state index is 11.5. The predicted molar refractivity (Wildman–Crippen MR) is 65.3 cm³/mol. The molecule has 0 unspecified atom stereocenters. The molecule has 0 aliphatic heterocycles. The van der Waals surface area contributed by atoms with Crippen molar-refractivity contribution in [2.45, 2.75) is 19.4 Å². The van der Waals surface area contributed by atoms with E-state index in [9.17, 15) is 9.59 Å². The van der Waals surface area contributed by atoms with Gasteiger partial charge >= 0.3 is 5.97 Å². The zero-order valence-corrected chi connectivity index (χ0v) is 9.99. The molecule has 6 heteroatoms. The van der Waals surface area contributed by atoms with E-state index in [1.165, 1.54) is 18.2 Å². The number of carboxylic acid groups (broad SMARTS) is 1. The smallest absolute Gasteiger partial charge is 0.335 e. The van der Waals surface area contributed by atoms with E-state index in [0.717, 1.165) is 0 Å². The van der Waals surface area contributed by atoms with Crippen molar-refractivity contribution in [1.29, 1.82) is 0 Å². The first-order valence-electron chi connectivity index (χ1n) is 5.05. The number of anilines is 1. The highest BCUT2D eigenvalue weighted by Crippen LogP contribution is 2.23. The highest BCUT2D eigenvalue weighted by Gasteiger charge is 2.14. The van der Waals surface area contributed by atoms with Crippen LogP contribution in [-0.4, -0.2) is 23.0 Å². The Bertz CT molecular complexity index is 448. The summed E-state index contributed by atoms with van der Waals surface area (Å²) in [5.74, 6) is -1.48. The van der Waals surface area contributed by atoms with E-state index >= 15 is 0 Å². The van der Waals surface area contributed by atoms with Crippen LogP contribution in [0.3, 0.4) is 0 Å². The van der Waals surface area contributed by atoms with Crippen molar-refractivity contribution >= 4 is 29.2 Å². The number of halogens is 1. The van der Waals surface area contributed by atoms with E-state index in [-0.39, 0.29) is 16.3 Å². The maximum Gasteiger partial charge on any atom is 0.335 e. The second-order valence-electron chi connectivity index (χ2n) is 3.50. The van der Waals surface area contributed by atoms with Crippen LogP contribution in [0.5, 0.6) is 0 Å². The van der Waals surface area contributed by atoms with Gasteiger partial charge in [0, 0.05) is 0 Å². The highest BCUT2D eigenvalue weighted by atomic mass is 35.5. The first kappa shape index (κ1) is 13.5. The standard InChI is InChI=1S/C11H13ClN2O3/c1-2-8(13)10(15)14-9-5-6(11(16)17)3-4-7(9)12/h3-5,8H,2,13H2,1H3,(H,14,15)(H,16,17)/t8-/m1/s1. The molecule has 0 saturated carbocycles. The van der Waals surface area contributed by atoms with E-state index in [2.05, 4.69) is 5.32 Å². The number of carboxylic acids is 1. The Labute approximate surface area is 104 Å². The van der Waals surface area contributed by atoms with Gasteiger partial charge in [-0.2, -0.15) is 0 Å². The van der Waals surface area contributed by atoms with Gasteiger partial charge in [-0.05, 0) is 24.6 Å². The fourth-order valence-electron chi connectivity index (χ4n) is 1.16. The first-order chi connectivity index (χ1) is 7.95. The lowest BCUT2D eigenvalue weighted by Gasteiger charge is -2.11. The molecule has 0 bridgehead atoms. The van der Waals surface area contributed by atoms with Crippen molar-refractivity contribution in [3.63, 3.8) is 0 Å². The van der Waals surface area contributed by atoms with Gasteiger partial charge in [-0.15, -0.1) is 0 Å². The molecular formula is C11H13ClN2O3. The van der Waals surface area contributed by atoms with Crippen molar-refractivity contribution in [2.75, 3.05) is 5.32 Å². The van der Waals surface area contributed by atoms with Crippen LogP contribution < -0.4 is 11.1 Å². The Balaban J connectivity index is 2.94. The molecule has 17 heavy (non-hydrogen) atoms. The molecule has 1 aromatic rings. The van der Waals surface area contributed by atoms with Crippen molar-refractivity contribution in [1.82, 2.24) is 0 Å². The number of aromatic carboxylic acids is 1. The fraction of sp³-hybridized carbons (Fsp3) is 0.273. The third kappa shape index (κ3) is 3.44. The van der Waals surface area contributed by atoms with Gasteiger partial charge in [0.15, 0.2) is 0 Å². The summed E-state index contributed by atoms with van der Waals surface area (Å²) in [5.41, 5.74) is 5.84. The monoisotopic (exact) mass is 256 g/mol. The Kier molecular flexibility index (Phi) is 4.48. The number of carbonyl (C=O) groups excluding carboxylic acids is 1. The number of nitrogens with two attached hydrogens (primary N) is 1. The molecule has 0 aromatic heterocycles. The molecule has 4 N–H and O–H groups in total. The van der Waals surface area contributed by atoms with Gasteiger partial charge in [0.05, 0.1) is 22.3 Å². The van der Waals surface area contributed by atoms with Gasteiger partial charge < -0.3 is 16.2 Å². The van der Waals surface area contributed by atoms with Gasteiger partial charge in [-0.25, -0.2) is 4.79 Å². The fourth-order valence-corrected chi connectivity index (χ4v) is 1.33. The quantitative estimate of drug-likeness (QED) is 0.765. The number of hydrogen-bond donors (Lipinski definition) is 3. The number of rotatable bonds is 4. The van der Waals surface area contributed by atoms with Crippen molar-refractivity contribution < 1.29 is 14.7 Å². The zero-order valence-electron chi connectivity index (χ0n) is 9.24. The van der Waals surface area contributed by atoms with Gasteiger partial charge in [0.1, 0.15) is 0 Å². The van der Waals surface area contributed by atoms with Crippen LogP contribution in [0.15, 0.2) is 18.2 Å². The maximum atomic E-state index is 11.5. The summed E-state index contributed by atoms with van der Waals surface area (Å²) >= 11 is 5.84. The largest absolute Gasteiger partial charge is 0.478 e. The van der Waals surface area contributed by atoms with E-state index in [1.54, 1.807) is 6.92 Å². The lowest BCUT2D eigenvalue weighted by molar-refractivity contribution is -0.117. The second-order valence-corrected chi connectivity index (χ2v) is 3.91. The van der Waals surface area contributed by atoms with Crippen LogP contribution in [-0.2, 0) is 4.79 Å². The molecule has 0 saturated heterocycles. The second kappa shape index (κ2) is 5.65. The van der Waals surface area contributed by atoms with E-state index in [4.69, 9.17) is 22.4 Å². The van der Waals surface area contributed by atoms with E-state index in [1.807, 2.05) is 0 Å². The van der Waals surface area contributed by atoms with Crippen LogP contribution >= 0.6 is 11.6 Å². The summed E-state index contributed by atoms with van der Waals surface area (Å²) in [6.45, 7) is 1.78. The average molecular weight is 257 g/mol. The zero-order chi connectivity index (χ0) is 13.0. The molecule has 0 radical (unpaired) electrons. The summed E-state index contributed by atoms with van der Waals surface area (Å²) in [4.78, 5) is 22.3. The molecule has 0 aliphatic carbocycles. The lowest BCUT2D eigenvalue weighted by atomic mass is 10.2. The summed E-state index contributed by atoms with van der Waals surface area (Å²) in [6.07, 6.45) is 0.488. The minimum atomic E-state index is -1.09. The molecular weight excluding hydrogens is 244 g/mol. The van der Waals surface area contributed by atoms with Crippen LogP contribution in [0.1, 0.15) is 23.7 Å². The minimum absolute atomic E-state index is 0.0507. The van der Waals surface area contributed by atoms with Crippen molar-refractivity contribution in [3.8, 4) is 0 Å². The molecule has 1 amide bonds. The van der Waals surface area contributed by atoms with Crippen molar-refractivity contribution in [2.24, 2.45) is 5.73 Å². The van der Waals surface area contributed by atoms with Gasteiger partial charge in [0.25, 0.3) is 0 Å². The summed E-state index contributed by atoms with van der Waals surface area (Å²) in [7, 11) is 0. The van der Waals surface area contributed by atoms with Crippen LogP contribution in [0, 0.1) is 0 Å². The minimum Gasteiger partial charge on any atom is -0.478 e. The Morgan fingerprint density at radius 3 is 2.71 bits per heavy atom. The van der Waals surface area contributed by atoms with Crippen molar-refractivity contribution in [3.05, 3.63) is 28.8 Å². The molecule has 0 aliphatic rings. The van der Waals surface area contributed by atoms with Gasteiger partial charge in [-0.1, -0.05) is 18.5 Å². The van der Waals surface area contributed by atoms with E-state index in [0.29, 0.717) is 6.42 Å². The van der Waals surface area contributed by atoms with Gasteiger partial charge in [0.2, 0.25) is 5.91 Å². The third-order valence-electron chi connectivity index (χ3n) is 2.25. The van der Waals surface area contributed by atoms with Crippen LogP contribution in [0.4, 0.5) is 5.69 Å². The predicted octanol–water partition coefficient (Wildman–Crippen LogP) is 1.71. The number of hydrogen-bond acceptors (Lipinski definition) is 3. The van der Waals surface area contributed by atoms with Crippen LogP contribution in [0.25, 0.3) is 0 Å². The molecule has 0 spiro atoms. The Morgan fingerprint density at radius 2 is 2.18 bits per heavy atom. The summed E-state index contributed by atoms with van der Waals surface area (Å²) in [5, 5.41) is 11.6. The topological polar surface area (TPSA) is 92.4 Å². The number of amides is 1. The molecule has 1 rings (SSSR count). The van der Waals surface area contributed by atoms with E-state index < -0.39 is 17.9 Å². The number of benzene rings is 1. The number of nitrogens with one attached hydrogen (secondary N) is 1. The van der Waals surface area contributed by atoms with Crippen LogP contribution in [0.2, 0.25) is 5.02 Å². The highest BCUT2D eigenvalue weighted by molar-refractivity contribution is 6.33. The molecule has 1 atom stereocenters. The molecule has 92 valence electrons. The third-order valence-corrected chi connectivity index (χ3v) is 2.58. The number of carbonyl (C=O) groups is 2. The Morgan fingerprint density at radius 1 is 1.53 bits per heavy atom. The average Bonchev–Trinajstić information content (AvgIpc) is 2.30. The SMILES string of the molecule is CC[C@@H](N)C(=O)Nc1cc(C(=O)O)ccc1Cl. The lowest BCUT2D eigenvalue weighted by Crippen LogP contribution is -2.34. The molecule has 1 aromatic carbocycles. The molecule has 0 fully saturated rings. The Hall–Kier alpha value is -1.59. The molecule has 5 nitrogen and oxygen atoms in total.